The van der Waals surface area contributed by atoms with Gasteiger partial charge in [-0.05, 0) is 35.8 Å². The van der Waals surface area contributed by atoms with Gasteiger partial charge in [0.2, 0.25) is 0 Å². The van der Waals surface area contributed by atoms with E-state index >= 15 is 0 Å². The van der Waals surface area contributed by atoms with Crippen LogP contribution in [0.2, 0.25) is 18.1 Å². The van der Waals surface area contributed by atoms with Gasteiger partial charge in [0.25, 0.3) is 8.32 Å². The van der Waals surface area contributed by atoms with Crippen molar-refractivity contribution in [2.75, 3.05) is 12.9 Å². The molecule has 0 unspecified atom stereocenters. The van der Waals surface area contributed by atoms with Crippen molar-refractivity contribution in [2.45, 2.75) is 44.7 Å². The van der Waals surface area contributed by atoms with Gasteiger partial charge in [-0.25, -0.2) is 0 Å². The summed E-state index contributed by atoms with van der Waals surface area (Å²) < 4.78 is 11.7. The normalized spacial score (nSPS) is 12.1. The maximum atomic E-state index is 10.6. The highest BCUT2D eigenvalue weighted by Gasteiger charge is 2.39. The van der Waals surface area contributed by atoms with Crippen LogP contribution in [0.4, 0.5) is 0 Å². The van der Waals surface area contributed by atoms with E-state index < -0.39 is 14.3 Å². The molecule has 0 radical (unpaired) electrons. The van der Waals surface area contributed by atoms with Crippen LogP contribution < -0.4 is 9.16 Å². The smallest absolute Gasteiger partial charge is 0.313 e. The monoisotopic (exact) mass is 342 g/mol. The summed E-state index contributed by atoms with van der Waals surface area (Å²) >= 11 is 1.38. The molecule has 0 amide bonds. The van der Waals surface area contributed by atoms with E-state index in [1.165, 1.54) is 11.8 Å². The Morgan fingerprint density at radius 1 is 1.27 bits per heavy atom. The average molecular weight is 343 g/mol. The third kappa shape index (κ3) is 5.25. The molecule has 6 heteroatoms. The second kappa shape index (κ2) is 7.42. The Balaban J connectivity index is 2.94. The summed E-state index contributed by atoms with van der Waals surface area (Å²) in [5.41, 5.74) is 1.04. The molecule has 0 aliphatic carbocycles. The number of carboxylic acid groups (broad SMARTS) is 1. The van der Waals surface area contributed by atoms with Crippen LogP contribution in [0.5, 0.6) is 11.5 Å². The van der Waals surface area contributed by atoms with E-state index in [4.69, 9.17) is 14.3 Å². The summed E-state index contributed by atoms with van der Waals surface area (Å²) in [6, 6.07) is 5.81. The van der Waals surface area contributed by atoms with E-state index in [1.807, 2.05) is 18.2 Å². The predicted octanol–water partition coefficient (Wildman–Crippen LogP) is 4.40. The number of thioether (sulfide) groups is 1. The topological polar surface area (TPSA) is 55.8 Å². The number of methoxy groups -OCH3 is 1. The van der Waals surface area contributed by atoms with Crippen molar-refractivity contribution in [3.63, 3.8) is 0 Å². The zero-order chi connectivity index (χ0) is 17.0. The van der Waals surface area contributed by atoms with Crippen molar-refractivity contribution >= 4 is 26.0 Å². The molecule has 0 aliphatic heterocycles. The summed E-state index contributed by atoms with van der Waals surface area (Å²) in [6.45, 7) is 11.0. The van der Waals surface area contributed by atoms with Gasteiger partial charge in [0, 0.05) is 5.75 Å². The van der Waals surface area contributed by atoms with Gasteiger partial charge >= 0.3 is 5.97 Å². The molecule has 0 fully saturated rings. The number of hydrogen-bond donors (Lipinski definition) is 1. The number of carbonyl (C=O) groups is 1. The Hall–Kier alpha value is -1.14. The van der Waals surface area contributed by atoms with E-state index in [-0.39, 0.29) is 10.8 Å². The van der Waals surface area contributed by atoms with Gasteiger partial charge in [-0.1, -0.05) is 26.8 Å². The van der Waals surface area contributed by atoms with E-state index in [2.05, 4.69) is 33.9 Å². The van der Waals surface area contributed by atoms with Crippen LogP contribution in [0.1, 0.15) is 26.3 Å². The first-order valence-electron chi connectivity index (χ1n) is 7.22. The van der Waals surface area contributed by atoms with Crippen molar-refractivity contribution in [1.82, 2.24) is 0 Å². The highest BCUT2D eigenvalue weighted by atomic mass is 32.2. The summed E-state index contributed by atoms with van der Waals surface area (Å²) in [5, 5.41) is 8.81. The lowest BCUT2D eigenvalue weighted by molar-refractivity contribution is -0.133. The van der Waals surface area contributed by atoms with E-state index in [9.17, 15) is 4.79 Å². The molecule has 0 bridgehead atoms. The Kier molecular flexibility index (Phi) is 6.37. The van der Waals surface area contributed by atoms with Crippen molar-refractivity contribution < 1.29 is 19.1 Å². The first kappa shape index (κ1) is 18.9. The second-order valence-corrected chi connectivity index (χ2v) is 12.4. The number of benzene rings is 1. The van der Waals surface area contributed by atoms with Crippen LogP contribution in [0.25, 0.3) is 0 Å². The minimum absolute atomic E-state index is 0.102. The van der Waals surface area contributed by atoms with Crippen LogP contribution in [0, 0.1) is 0 Å². The molecule has 22 heavy (non-hydrogen) atoms. The van der Waals surface area contributed by atoms with Crippen molar-refractivity contribution in [3.8, 4) is 11.5 Å². The van der Waals surface area contributed by atoms with Crippen LogP contribution >= 0.6 is 11.8 Å². The lowest BCUT2D eigenvalue weighted by Crippen LogP contribution is -2.43. The van der Waals surface area contributed by atoms with Crippen molar-refractivity contribution in [1.29, 1.82) is 0 Å². The summed E-state index contributed by atoms with van der Waals surface area (Å²) in [6.07, 6.45) is 0. The molecular formula is C16H26O4SSi. The van der Waals surface area contributed by atoms with Gasteiger partial charge in [-0.3, -0.25) is 4.79 Å². The molecule has 0 heterocycles. The third-order valence-electron chi connectivity index (χ3n) is 3.89. The maximum Gasteiger partial charge on any atom is 0.313 e. The van der Waals surface area contributed by atoms with Crippen LogP contribution in [0.3, 0.4) is 0 Å². The van der Waals surface area contributed by atoms with Gasteiger partial charge in [0.1, 0.15) is 5.75 Å². The molecule has 1 rings (SSSR count). The van der Waals surface area contributed by atoms with Gasteiger partial charge in [0.15, 0.2) is 5.75 Å². The van der Waals surface area contributed by atoms with Crippen LogP contribution in [0.15, 0.2) is 18.2 Å². The van der Waals surface area contributed by atoms with E-state index in [1.54, 1.807) is 7.11 Å². The fourth-order valence-electron chi connectivity index (χ4n) is 1.57. The largest absolute Gasteiger partial charge is 0.541 e. The quantitative estimate of drug-likeness (QED) is 0.744. The SMILES string of the molecule is COc1ccc(CSCC(=O)O)cc1O[Si](C)(C)C(C)(C)C. The number of aliphatic carboxylic acids is 1. The highest BCUT2D eigenvalue weighted by Crippen LogP contribution is 2.40. The Morgan fingerprint density at radius 3 is 2.41 bits per heavy atom. The molecule has 1 aromatic carbocycles. The predicted molar refractivity (Wildman–Crippen MR) is 94.6 cm³/mol. The third-order valence-corrected chi connectivity index (χ3v) is 9.22. The van der Waals surface area contributed by atoms with Gasteiger partial charge in [-0.15, -0.1) is 11.8 Å². The Labute approximate surface area is 138 Å². The van der Waals surface area contributed by atoms with Gasteiger partial charge < -0.3 is 14.3 Å². The molecular weight excluding hydrogens is 316 g/mol. The number of hydrogen-bond acceptors (Lipinski definition) is 4. The summed E-state index contributed by atoms with van der Waals surface area (Å²) in [5.74, 6) is 1.42. The Bertz CT molecular complexity index is 523. The molecule has 0 saturated heterocycles. The zero-order valence-corrected chi connectivity index (χ0v) is 16.0. The minimum atomic E-state index is -1.95. The second-order valence-electron chi connectivity index (χ2n) is 6.73. The molecule has 1 aromatic rings. The molecule has 0 atom stereocenters. The van der Waals surface area contributed by atoms with E-state index in [0.717, 1.165) is 17.1 Å². The standard InChI is InChI=1S/C16H26O4SSi/c1-16(2,3)22(5,6)20-14-9-12(7-8-13(14)19-4)10-21-11-15(17)18/h7-9H,10-11H2,1-6H3,(H,17,18). The van der Waals surface area contributed by atoms with Crippen molar-refractivity contribution in [2.24, 2.45) is 0 Å². The minimum Gasteiger partial charge on any atom is -0.541 e. The number of ether oxygens (including phenoxy) is 1. The molecule has 1 N–H and O–H groups in total. The fraction of sp³-hybridized carbons (Fsp3) is 0.562. The maximum absolute atomic E-state index is 10.6. The summed E-state index contributed by atoms with van der Waals surface area (Å²) in [4.78, 5) is 10.6. The molecule has 0 spiro atoms. The molecule has 0 aliphatic rings. The van der Waals surface area contributed by atoms with Crippen LogP contribution in [-0.4, -0.2) is 32.3 Å². The Morgan fingerprint density at radius 2 is 1.91 bits per heavy atom. The first-order chi connectivity index (χ1) is 10.1. The zero-order valence-electron chi connectivity index (χ0n) is 14.2. The summed E-state index contributed by atoms with van der Waals surface area (Å²) in [7, 11) is -0.315. The van der Waals surface area contributed by atoms with Crippen molar-refractivity contribution in [3.05, 3.63) is 23.8 Å². The average Bonchev–Trinajstić information content (AvgIpc) is 2.37. The van der Waals surface area contributed by atoms with Gasteiger partial charge in [-0.2, -0.15) is 0 Å². The van der Waals surface area contributed by atoms with Crippen LogP contribution in [-0.2, 0) is 10.5 Å². The van der Waals surface area contributed by atoms with E-state index in [0.29, 0.717) is 5.75 Å². The number of rotatable bonds is 7. The lowest BCUT2D eigenvalue weighted by Gasteiger charge is -2.36. The first-order valence-corrected chi connectivity index (χ1v) is 11.3. The number of carboxylic acids is 1. The van der Waals surface area contributed by atoms with Gasteiger partial charge in [0.05, 0.1) is 12.9 Å². The molecule has 124 valence electrons. The molecule has 0 saturated carbocycles. The fourth-order valence-corrected chi connectivity index (χ4v) is 3.28. The lowest BCUT2D eigenvalue weighted by atomic mass is 10.2. The highest BCUT2D eigenvalue weighted by molar-refractivity contribution is 7.99. The molecule has 4 nitrogen and oxygen atoms in total. The molecule has 0 aromatic heterocycles.